The number of thiophene rings is 1. The third kappa shape index (κ3) is 5.94. The zero-order chi connectivity index (χ0) is 19.2. The van der Waals surface area contributed by atoms with E-state index in [2.05, 4.69) is 10.0 Å². The van der Waals surface area contributed by atoms with Crippen LogP contribution in [0.3, 0.4) is 0 Å². The van der Waals surface area contributed by atoms with Gasteiger partial charge in [-0.15, -0.1) is 11.3 Å². The van der Waals surface area contributed by atoms with E-state index in [1.54, 1.807) is 6.92 Å². The van der Waals surface area contributed by atoms with E-state index >= 15 is 0 Å². The van der Waals surface area contributed by atoms with Gasteiger partial charge in [0.05, 0.1) is 4.90 Å². The number of carbonyl (C=O) groups is 2. The molecule has 0 fully saturated rings. The fourth-order valence-corrected chi connectivity index (χ4v) is 3.99. The molecule has 0 aliphatic rings. The quantitative estimate of drug-likeness (QED) is 0.601. The predicted octanol–water partition coefficient (Wildman–Crippen LogP) is 2.07. The lowest BCUT2D eigenvalue weighted by molar-refractivity contribution is -0.137. The van der Waals surface area contributed by atoms with Gasteiger partial charge in [0.25, 0.3) is 5.91 Å². The molecule has 7 nitrogen and oxygen atoms in total. The molecule has 0 bridgehead atoms. The number of hydrogen-bond acceptors (Lipinski definition) is 5. The van der Waals surface area contributed by atoms with Gasteiger partial charge in [-0.05, 0) is 35.6 Å². The minimum absolute atomic E-state index is 0.000269. The average molecular weight is 396 g/mol. The van der Waals surface area contributed by atoms with Crippen LogP contribution in [0, 0.1) is 5.92 Å². The maximum Gasteiger partial charge on any atom is 0.303 e. The number of sulfonamides is 1. The van der Waals surface area contributed by atoms with Crippen LogP contribution in [-0.2, 0) is 21.4 Å². The lowest BCUT2D eigenvalue weighted by Crippen LogP contribution is -2.29. The third-order valence-corrected chi connectivity index (χ3v) is 5.83. The number of hydrogen-bond donors (Lipinski definition) is 3. The van der Waals surface area contributed by atoms with Crippen molar-refractivity contribution in [2.45, 2.75) is 24.8 Å². The van der Waals surface area contributed by atoms with E-state index in [-0.39, 0.29) is 35.9 Å². The molecule has 1 aromatic carbocycles. The SMILES string of the molecule is CC(CNC(=O)c1cccc(S(=O)(=O)NCc2cccs2)c1)CC(=O)O. The fourth-order valence-electron chi connectivity index (χ4n) is 2.21. The summed E-state index contributed by atoms with van der Waals surface area (Å²) in [4.78, 5) is 23.7. The van der Waals surface area contributed by atoms with Crippen molar-refractivity contribution < 1.29 is 23.1 Å². The molecule has 1 amide bonds. The number of carboxylic acids is 1. The molecular weight excluding hydrogens is 376 g/mol. The van der Waals surface area contributed by atoms with Crippen LogP contribution >= 0.6 is 11.3 Å². The number of benzene rings is 1. The number of aliphatic carboxylic acids is 1. The molecule has 9 heteroatoms. The number of nitrogens with one attached hydrogen (secondary N) is 2. The van der Waals surface area contributed by atoms with Gasteiger partial charge in [-0.2, -0.15) is 0 Å². The topological polar surface area (TPSA) is 113 Å². The van der Waals surface area contributed by atoms with Crippen LogP contribution < -0.4 is 10.0 Å². The van der Waals surface area contributed by atoms with Gasteiger partial charge in [-0.25, -0.2) is 13.1 Å². The van der Waals surface area contributed by atoms with Crippen molar-refractivity contribution >= 4 is 33.2 Å². The second kappa shape index (κ2) is 8.93. The highest BCUT2D eigenvalue weighted by Gasteiger charge is 2.17. The fraction of sp³-hybridized carbons (Fsp3) is 0.294. The highest BCUT2D eigenvalue weighted by atomic mass is 32.2. The molecule has 0 radical (unpaired) electrons. The minimum atomic E-state index is -3.74. The maximum absolute atomic E-state index is 12.4. The maximum atomic E-state index is 12.4. The summed E-state index contributed by atoms with van der Waals surface area (Å²) in [6, 6.07) is 9.39. The Labute approximate surface area is 156 Å². The number of carboxylic acid groups (broad SMARTS) is 1. The van der Waals surface area contributed by atoms with E-state index in [0.29, 0.717) is 0 Å². The molecule has 1 unspecified atom stereocenters. The van der Waals surface area contributed by atoms with Crippen LogP contribution in [-0.4, -0.2) is 31.9 Å². The molecule has 0 aliphatic heterocycles. The molecule has 26 heavy (non-hydrogen) atoms. The molecule has 1 atom stereocenters. The summed E-state index contributed by atoms with van der Waals surface area (Å²) < 4.78 is 27.3. The van der Waals surface area contributed by atoms with Crippen molar-refractivity contribution in [3.05, 3.63) is 52.2 Å². The summed E-state index contributed by atoms with van der Waals surface area (Å²) in [5.74, 6) is -1.61. The number of amides is 1. The summed E-state index contributed by atoms with van der Waals surface area (Å²) in [6.45, 7) is 2.09. The van der Waals surface area contributed by atoms with Gasteiger partial charge in [0.1, 0.15) is 0 Å². The van der Waals surface area contributed by atoms with E-state index in [9.17, 15) is 18.0 Å². The lowest BCUT2D eigenvalue weighted by atomic mass is 10.1. The van der Waals surface area contributed by atoms with Crippen molar-refractivity contribution in [1.82, 2.24) is 10.0 Å². The van der Waals surface area contributed by atoms with E-state index < -0.39 is 21.9 Å². The summed E-state index contributed by atoms with van der Waals surface area (Å²) >= 11 is 1.45. The second-order valence-corrected chi connectivity index (χ2v) is 8.64. The normalized spacial score (nSPS) is 12.5. The Morgan fingerprint density at radius 2 is 2.00 bits per heavy atom. The first-order valence-corrected chi connectivity index (χ1v) is 10.3. The van der Waals surface area contributed by atoms with Gasteiger partial charge >= 0.3 is 5.97 Å². The van der Waals surface area contributed by atoms with Gasteiger partial charge in [0.2, 0.25) is 10.0 Å². The molecule has 140 valence electrons. The van der Waals surface area contributed by atoms with Crippen molar-refractivity contribution in [3.8, 4) is 0 Å². The summed E-state index contributed by atoms with van der Waals surface area (Å²) in [6.07, 6.45) is -0.0542. The molecule has 2 rings (SSSR count). The highest BCUT2D eigenvalue weighted by molar-refractivity contribution is 7.89. The van der Waals surface area contributed by atoms with Gasteiger partial charge in [0, 0.05) is 30.0 Å². The lowest BCUT2D eigenvalue weighted by Gasteiger charge is -2.11. The summed E-state index contributed by atoms with van der Waals surface area (Å²) in [5.41, 5.74) is 0.200. The van der Waals surface area contributed by atoms with Crippen LogP contribution in [0.1, 0.15) is 28.6 Å². The Kier molecular flexibility index (Phi) is 6.90. The third-order valence-electron chi connectivity index (χ3n) is 3.56. The van der Waals surface area contributed by atoms with Crippen molar-refractivity contribution in [1.29, 1.82) is 0 Å². The molecule has 0 saturated carbocycles. The highest BCUT2D eigenvalue weighted by Crippen LogP contribution is 2.14. The Bertz CT molecular complexity index is 863. The predicted molar refractivity (Wildman–Crippen MR) is 98.5 cm³/mol. The molecule has 2 aromatic rings. The Morgan fingerprint density at radius 1 is 1.23 bits per heavy atom. The minimum Gasteiger partial charge on any atom is -0.481 e. The smallest absolute Gasteiger partial charge is 0.303 e. The second-order valence-electron chi connectivity index (χ2n) is 5.84. The van der Waals surface area contributed by atoms with Crippen LogP contribution in [0.15, 0.2) is 46.7 Å². The molecule has 0 aliphatic carbocycles. The molecule has 0 saturated heterocycles. The largest absolute Gasteiger partial charge is 0.481 e. The van der Waals surface area contributed by atoms with E-state index in [1.165, 1.54) is 35.6 Å². The Hall–Kier alpha value is -2.23. The summed E-state index contributed by atoms with van der Waals surface area (Å²) in [7, 11) is -3.74. The molecule has 1 heterocycles. The van der Waals surface area contributed by atoms with Crippen molar-refractivity contribution in [3.63, 3.8) is 0 Å². The van der Waals surface area contributed by atoms with Crippen LogP contribution in [0.25, 0.3) is 0 Å². The molecule has 3 N–H and O–H groups in total. The first-order chi connectivity index (χ1) is 12.3. The zero-order valence-electron chi connectivity index (χ0n) is 14.1. The van der Waals surface area contributed by atoms with E-state index in [4.69, 9.17) is 5.11 Å². The van der Waals surface area contributed by atoms with Crippen LogP contribution in [0.5, 0.6) is 0 Å². The zero-order valence-corrected chi connectivity index (χ0v) is 15.8. The number of rotatable bonds is 9. The van der Waals surface area contributed by atoms with E-state index in [0.717, 1.165) is 4.88 Å². The first kappa shape index (κ1) is 20.1. The molecule has 0 spiro atoms. The van der Waals surface area contributed by atoms with E-state index in [1.807, 2.05) is 17.5 Å². The van der Waals surface area contributed by atoms with Crippen molar-refractivity contribution in [2.75, 3.05) is 6.54 Å². The van der Waals surface area contributed by atoms with Crippen molar-refractivity contribution in [2.24, 2.45) is 5.92 Å². The van der Waals surface area contributed by atoms with Gasteiger partial charge < -0.3 is 10.4 Å². The molecule has 1 aromatic heterocycles. The van der Waals surface area contributed by atoms with Crippen LogP contribution in [0.2, 0.25) is 0 Å². The monoisotopic (exact) mass is 396 g/mol. The Morgan fingerprint density at radius 3 is 2.65 bits per heavy atom. The van der Waals surface area contributed by atoms with Gasteiger partial charge in [-0.1, -0.05) is 19.1 Å². The molecular formula is C17H20N2O5S2. The average Bonchev–Trinajstić information content (AvgIpc) is 3.11. The first-order valence-electron chi connectivity index (χ1n) is 7.90. The van der Waals surface area contributed by atoms with Gasteiger partial charge in [0.15, 0.2) is 0 Å². The number of carbonyl (C=O) groups excluding carboxylic acids is 1. The summed E-state index contributed by atoms with van der Waals surface area (Å²) in [5, 5.41) is 13.2. The van der Waals surface area contributed by atoms with Crippen LogP contribution in [0.4, 0.5) is 0 Å². The standard InChI is InChI=1S/C17H20N2O5S2/c1-12(8-16(20)21)10-18-17(22)13-4-2-6-15(9-13)26(23,24)19-11-14-5-3-7-25-14/h2-7,9,12,19H,8,10-11H2,1H3,(H,18,22)(H,20,21). The van der Waals surface area contributed by atoms with Gasteiger partial charge in [-0.3, -0.25) is 9.59 Å². The Balaban J connectivity index is 2.01.